The predicted molar refractivity (Wildman–Crippen MR) is 107 cm³/mol. The lowest BCUT2D eigenvalue weighted by Crippen LogP contribution is -2.32. The Hall–Kier alpha value is -3.22. The van der Waals surface area contributed by atoms with Crippen molar-refractivity contribution in [2.24, 2.45) is 0 Å². The number of rotatable bonds is 9. The average molecular weight is 386 g/mol. The van der Waals surface area contributed by atoms with Crippen LogP contribution in [-0.2, 0) is 4.79 Å². The number of phenols is 1. The summed E-state index contributed by atoms with van der Waals surface area (Å²) < 4.78 is 11.1. The van der Waals surface area contributed by atoms with Crippen LogP contribution in [0, 0.1) is 0 Å². The number of hydrogen-bond acceptors (Lipinski definition) is 5. The molecule has 0 aliphatic carbocycles. The van der Waals surface area contributed by atoms with Gasteiger partial charge in [-0.15, -0.1) is 0 Å². The lowest BCUT2D eigenvalue weighted by atomic mass is 10.2. The molecule has 2 aromatic rings. The number of ether oxygens (including phenoxy) is 2. The Bertz CT molecular complexity index is 803. The maximum atomic E-state index is 12.2. The molecular formula is C21H26N2O5. The summed E-state index contributed by atoms with van der Waals surface area (Å²) in [7, 11) is 0. The van der Waals surface area contributed by atoms with E-state index in [1.807, 2.05) is 20.8 Å². The van der Waals surface area contributed by atoms with Gasteiger partial charge in [-0.3, -0.25) is 9.59 Å². The quantitative estimate of drug-likeness (QED) is 0.575. The highest BCUT2D eigenvalue weighted by molar-refractivity contribution is 5.99. The number of phenolic OH excluding ortho intramolecular Hbond substituents is 1. The highest BCUT2D eigenvalue weighted by atomic mass is 16.5. The number of aromatic hydroxyl groups is 1. The molecule has 0 aliphatic rings. The summed E-state index contributed by atoms with van der Waals surface area (Å²) >= 11 is 0. The maximum Gasteiger partial charge on any atom is 0.251 e. The fourth-order valence-corrected chi connectivity index (χ4v) is 2.36. The zero-order chi connectivity index (χ0) is 20.5. The zero-order valence-corrected chi connectivity index (χ0v) is 16.3. The number of anilines is 1. The molecule has 0 aromatic heterocycles. The molecule has 7 heteroatoms. The van der Waals surface area contributed by atoms with Gasteiger partial charge in [0, 0.05) is 11.6 Å². The number of carbonyl (C=O) groups excluding carboxylic acids is 2. The molecule has 0 spiro atoms. The topological polar surface area (TPSA) is 96.9 Å². The second kappa shape index (κ2) is 10.2. The van der Waals surface area contributed by atoms with E-state index in [4.69, 9.17) is 9.47 Å². The molecule has 0 atom stereocenters. The van der Waals surface area contributed by atoms with Gasteiger partial charge in [-0.2, -0.15) is 0 Å². The lowest BCUT2D eigenvalue weighted by Gasteiger charge is -2.13. The summed E-state index contributed by atoms with van der Waals surface area (Å²) in [6.45, 7) is 6.06. The van der Waals surface area contributed by atoms with Crippen molar-refractivity contribution in [3.63, 3.8) is 0 Å². The first-order valence-corrected chi connectivity index (χ1v) is 9.19. The molecule has 0 bridgehead atoms. The predicted octanol–water partition coefficient (Wildman–Crippen LogP) is 3.34. The molecule has 150 valence electrons. The molecule has 0 heterocycles. The van der Waals surface area contributed by atoms with Crippen molar-refractivity contribution in [1.82, 2.24) is 5.32 Å². The summed E-state index contributed by atoms with van der Waals surface area (Å²) in [4.78, 5) is 24.4. The third kappa shape index (κ3) is 6.50. The van der Waals surface area contributed by atoms with Crippen molar-refractivity contribution in [1.29, 1.82) is 0 Å². The molecule has 0 unspecified atom stereocenters. The molecule has 0 fully saturated rings. The minimum Gasteiger partial charge on any atom is -0.508 e. The summed E-state index contributed by atoms with van der Waals surface area (Å²) in [5.74, 6) is 0.334. The Morgan fingerprint density at radius 2 is 1.82 bits per heavy atom. The summed E-state index contributed by atoms with van der Waals surface area (Å²) in [6, 6.07) is 11.1. The summed E-state index contributed by atoms with van der Waals surface area (Å²) in [5.41, 5.74) is 0.862. The van der Waals surface area contributed by atoms with Gasteiger partial charge in [0.2, 0.25) is 5.91 Å². The van der Waals surface area contributed by atoms with E-state index in [-0.39, 0.29) is 24.3 Å². The fourth-order valence-electron chi connectivity index (χ4n) is 2.36. The summed E-state index contributed by atoms with van der Waals surface area (Å²) in [5, 5.41) is 14.8. The molecule has 28 heavy (non-hydrogen) atoms. The van der Waals surface area contributed by atoms with E-state index in [0.717, 1.165) is 6.42 Å². The molecule has 3 N–H and O–H groups in total. The maximum absolute atomic E-state index is 12.2. The normalized spacial score (nSPS) is 10.4. The van der Waals surface area contributed by atoms with Crippen LogP contribution in [0.5, 0.6) is 17.2 Å². The number of carbonyl (C=O) groups is 2. The van der Waals surface area contributed by atoms with Gasteiger partial charge in [0.1, 0.15) is 17.2 Å². The van der Waals surface area contributed by atoms with Gasteiger partial charge in [0.25, 0.3) is 5.91 Å². The minimum absolute atomic E-state index is 0.0438. The van der Waals surface area contributed by atoms with Crippen molar-refractivity contribution in [2.45, 2.75) is 33.3 Å². The van der Waals surface area contributed by atoms with Gasteiger partial charge >= 0.3 is 0 Å². The largest absolute Gasteiger partial charge is 0.508 e. The first kappa shape index (κ1) is 21.1. The standard InChI is InChI=1S/C21H26N2O5/c1-4-11-27-19-12-16(24)7-10-18(19)23-20(25)13-22-21(26)15-5-8-17(9-6-15)28-14(2)3/h5-10,12,14,24H,4,11,13H2,1-3H3,(H,22,26)(H,23,25). The van der Waals surface area contributed by atoms with E-state index in [1.54, 1.807) is 30.3 Å². The third-order valence-corrected chi connectivity index (χ3v) is 3.60. The smallest absolute Gasteiger partial charge is 0.251 e. The van der Waals surface area contributed by atoms with Gasteiger partial charge in [-0.05, 0) is 56.7 Å². The monoisotopic (exact) mass is 386 g/mol. The molecule has 2 rings (SSSR count). The zero-order valence-electron chi connectivity index (χ0n) is 16.3. The van der Waals surface area contributed by atoms with Crippen LogP contribution >= 0.6 is 0 Å². The Balaban J connectivity index is 1.91. The van der Waals surface area contributed by atoms with Crippen molar-refractivity contribution >= 4 is 17.5 Å². The van der Waals surface area contributed by atoms with Crippen LogP contribution in [0.3, 0.4) is 0 Å². The van der Waals surface area contributed by atoms with Crippen LogP contribution in [0.1, 0.15) is 37.6 Å². The van der Waals surface area contributed by atoms with Crippen molar-refractivity contribution in [3.8, 4) is 17.2 Å². The van der Waals surface area contributed by atoms with Crippen molar-refractivity contribution in [2.75, 3.05) is 18.5 Å². The highest BCUT2D eigenvalue weighted by Gasteiger charge is 2.12. The molecule has 2 amide bonds. The molecule has 0 aliphatic heterocycles. The van der Waals surface area contributed by atoms with E-state index < -0.39 is 5.91 Å². The minimum atomic E-state index is -0.403. The number of amides is 2. The van der Waals surface area contributed by atoms with Crippen molar-refractivity contribution < 1.29 is 24.2 Å². The van der Waals surface area contributed by atoms with Crippen LogP contribution < -0.4 is 20.1 Å². The molecule has 0 radical (unpaired) electrons. The van der Waals surface area contributed by atoms with Crippen LogP contribution in [0.4, 0.5) is 5.69 Å². The van der Waals surface area contributed by atoms with E-state index in [0.29, 0.717) is 29.4 Å². The first-order valence-electron chi connectivity index (χ1n) is 9.19. The molecule has 7 nitrogen and oxygen atoms in total. The van der Waals surface area contributed by atoms with Crippen LogP contribution in [0.25, 0.3) is 0 Å². The second-order valence-electron chi connectivity index (χ2n) is 6.45. The Morgan fingerprint density at radius 1 is 1.11 bits per heavy atom. The van der Waals surface area contributed by atoms with Crippen molar-refractivity contribution in [3.05, 3.63) is 48.0 Å². The molecule has 0 saturated heterocycles. The molecular weight excluding hydrogens is 360 g/mol. The fraction of sp³-hybridized carbons (Fsp3) is 0.333. The van der Waals surface area contributed by atoms with Gasteiger partial charge in [0.15, 0.2) is 0 Å². The van der Waals surface area contributed by atoms with Gasteiger partial charge < -0.3 is 25.2 Å². The Labute approximate surface area is 164 Å². The van der Waals surface area contributed by atoms with Crippen LogP contribution in [0.2, 0.25) is 0 Å². The van der Waals surface area contributed by atoms with E-state index in [1.165, 1.54) is 12.1 Å². The molecule has 2 aromatic carbocycles. The number of nitrogens with one attached hydrogen (secondary N) is 2. The Kier molecular flexibility index (Phi) is 7.68. The average Bonchev–Trinajstić information content (AvgIpc) is 2.66. The number of hydrogen-bond donors (Lipinski definition) is 3. The van der Waals surface area contributed by atoms with Gasteiger partial charge in [0.05, 0.1) is 24.9 Å². The van der Waals surface area contributed by atoms with Crippen LogP contribution in [0.15, 0.2) is 42.5 Å². The molecule has 0 saturated carbocycles. The van der Waals surface area contributed by atoms with Crippen LogP contribution in [-0.4, -0.2) is 36.2 Å². The van der Waals surface area contributed by atoms with Gasteiger partial charge in [-0.1, -0.05) is 6.92 Å². The second-order valence-corrected chi connectivity index (χ2v) is 6.45. The first-order chi connectivity index (χ1) is 13.4. The third-order valence-electron chi connectivity index (χ3n) is 3.60. The van der Waals surface area contributed by atoms with Gasteiger partial charge in [-0.25, -0.2) is 0 Å². The van der Waals surface area contributed by atoms with E-state index >= 15 is 0 Å². The van der Waals surface area contributed by atoms with E-state index in [2.05, 4.69) is 10.6 Å². The lowest BCUT2D eigenvalue weighted by molar-refractivity contribution is -0.115. The summed E-state index contributed by atoms with van der Waals surface area (Å²) in [6.07, 6.45) is 0.842. The highest BCUT2D eigenvalue weighted by Crippen LogP contribution is 2.28. The Morgan fingerprint density at radius 3 is 2.46 bits per heavy atom. The SMILES string of the molecule is CCCOc1cc(O)ccc1NC(=O)CNC(=O)c1ccc(OC(C)C)cc1. The van der Waals surface area contributed by atoms with E-state index in [9.17, 15) is 14.7 Å². The number of benzene rings is 2.